The third kappa shape index (κ3) is 1.63. The Morgan fingerprint density at radius 1 is 1.25 bits per heavy atom. The number of rotatable bonds is 1. The van der Waals surface area contributed by atoms with Gasteiger partial charge >= 0.3 is 0 Å². The fraction of sp³-hybridized carbons (Fsp3) is 0.727. The third-order valence-corrected chi connectivity index (χ3v) is 4.01. The first-order valence-corrected chi connectivity index (χ1v) is 6.32. The van der Waals surface area contributed by atoms with Crippen molar-refractivity contribution in [3.8, 4) is 0 Å². The molecule has 1 aromatic rings. The monoisotopic (exact) mass is 239 g/mol. The molecular formula is C11H17N3OS. The Bertz CT molecular complexity index is 443. The Morgan fingerprint density at radius 3 is 2.75 bits per heavy atom. The largest absolute Gasteiger partial charge is 0.369 e. The summed E-state index contributed by atoms with van der Waals surface area (Å²) in [6.07, 6.45) is 4.49. The van der Waals surface area contributed by atoms with E-state index in [1.165, 1.54) is 11.4 Å². The molecule has 16 heavy (non-hydrogen) atoms. The Labute approximate surface area is 99.8 Å². The molecule has 3 rings (SSSR count). The van der Waals surface area contributed by atoms with Crippen molar-refractivity contribution in [3.63, 3.8) is 0 Å². The number of nitrogens with zero attached hydrogens (tertiary/aromatic N) is 1. The van der Waals surface area contributed by atoms with Gasteiger partial charge in [-0.15, -0.1) is 0 Å². The third-order valence-electron chi connectivity index (χ3n) is 3.71. The molecule has 0 bridgehead atoms. The average Bonchev–Trinajstić information content (AvgIpc) is 2.79. The zero-order valence-electron chi connectivity index (χ0n) is 9.24. The van der Waals surface area contributed by atoms with Crippen LogP contribution in [0.3, 0.4) is 0 Å². The Balaban J connectivity index is 1.92. The second kappa shape index (κ2) is 3.98. The topological polar surface area (TPSA) is 56.0 Å². The number of H-pyrrole nitrogens is 1. The summed E-state index contributed by atoms with van der Waals surface area (Å²) in [6.45, 7) is 1.38. The van der Waals surface area contributed by atoms with Crippen LogP contribution in [0.15, 0.2) is 0 Å². The number of nitrogens with two attached hydrogens (primary N) is 1. The first-order chi connectivity index (χ1) is 7.75. The van der Waals surface area contributed by atoms with Gasteiger partial charge in [0, 0.05) is 12.1 Å². The van der Waals surface area contributed by atoms with Crippen LogP contribution in [0.25, 0.3) is 0 Å². The van der Waals surface area contributed by atoms with E-state index in [1.807, 2.05) is 0 Å². The Kier molecular flexibility index (Phi) is 2.61. The quantitative estimate of drug-likeness (QED) is 0.737. The summed E-state index contributed by atoms with van der Waals surface area (Å²) in [7, 11) is 0. The van der Waals surface area contributed by atoms with E-state index >= 15 is 0 Å². The number of nitrogens with one attached hydrogen (secondary N) is 1. The van der Waals surface area contributed by atoms with Crippen molar-refractivity contribution in [2.45, 2.75) is 51.0 Å². The first-order valence-electron chi connectivity index (χ1n) is 5.91. The highest BCUT2D eigenvalue weighted by molar-refractivity contribution is 7.71. The van der Waals surface area contributed by atoms with Crippen LogP contribution in [0.4, 0.5) is 0 Å². The predicted octanol–water partition coefficient (Wildman–Crippen LogP) is 2.02. The minimum atomic E-state index is 0.383. The van der Waals surface area contributed by atoms with E-state index in [0.717, 1.165) is 30.5 Å². The molecule has 2 heterocycles. The molecule has 0 spiro atoms. The Morgan fingerprint density at radius 2 is 2.00 bits per heavy atom. The molecule has 0 saturated heterocycles. The summed E-state index contributed by atoms with van der Waals surface area (Å²) < 4.78 is 8.56. The normalized spacial score (nSPS) is 29.3. The molecule has 1 aromatic heterocycles. The van der Waals surface area contributed by atoms with Gasteiger partial charge in [0.2, 0.25) is 0 Å². The molecule has 0 amide bonds. The minimum absolute atomic E-state index is 0.383. The van der Waals surface area contributed by atoms with Crippen molar-refractivity contribution < 1.29 is 4.74 Å². The lowest BCUT2D eigenvalue weighted by Crippen LogP contribution is -2.28. The van der Waals surface area contributed by atoms with Crippen LogP contribution in [-0.2, 0) is 18.0 Å². The van der Waals surface area contributed by atoms with E-state index in [2.05, 4.69) is 9.55 Å². The van der Waals surface area contributed by atoms with Crippen LogP contribution in [0, 0.1) is 4.77 Å². The van der Waals surface area contributed by atoms with Crippen molar-refractivity contribution in [2.24, 2.45) is 5.73 Å². The van der Waals surface area contributed by atoms with Gasteiger partial charge in [-0.25, -0.2) is 0 Å². The van der Waals surface area contributed by atoms with Crippen molar-refractivity contribution in [1.29, 1.82) is 0 Å². The summed E-state index contributed by atoms with van der Waals surface area (Å²) in [5.41, 5.74) is 8.36. The first kappa shape index (κ1) is 10.5. The van der Waals surface area contributed by atoms with Crippen LogP contribution in [0.1, 0.15) is 43.1 Å². The molecule has 3 N–H and O–H groups in total. The summed E-state index contributed by atoms with van der Waals surface area (Å²) >= 11 is 5.39. The zero-order valence-corrected chi connectivity index (χ0v) is 10.1. The number of aromatic nitrogens is 2. The molecule has 1 aliphatic carbocycles. The Hall–Kier alpha value is -0.650. The smallest absolute Gasteiger partial charge is 0.177 e. The molecule has 0 radical (unpaired) electrons. The van der Waals surface area contributed by atoms with Gasteiger partial charge in [0.15, 0.2) is 4.77 Å². The molecule has 88 valence electrons. The number of hydrogen-bond donors (Lipinski definition) is 2. The number of aromatic amines is 1. The van der Waals surface area contributed by atoms with E-state index in [0.29, 0.717) is 25.3 Å². The van der Waals surface area contributed by atoms with E-state index in [9.17, 15) is 0 Å². The average molecular weight is 239 g/mol. The van der Waals surface area contributed by atoms with Crippen molar-refractivity contribution in [2.75, 3.05) is 0 Å². The van der Waals surface area contributed by atoms with Gasteiger partial charge in [-0.3, -0.25) is 0 Å². The molecular weight excluding hydrogens is 222 g/mol. The zero-order chi connectivity index (χ0) is 11.1. The van der Waals surface area contributed by atoms with Gasteiger partial charge in [-0.2, -0.15) is 0 Å². The summed E-state index contributed by atoms with van der Waals surface area (Å²) in [5.74, 6) is 0. The van der Waals surface area contributed by atoms with Crippen molar-refractivity contribution in [1.82, 2.24) is 9.55 Å². The second-order valence-corrected chi connectivity index (χ2v) is 5.17. The molecule has 0 unspecified atom stereocenters. The van der Waals surface area contributed by atoms with E-state index < -0.39 is 0 Å². The summed E-state index contributed by atoms with van der Waals surface area (Å²) in [5, 5.41) is 0. The highest BCUT2D eigenvalue weighted by Gasteiger charge is 2.26. The molecule has 1 fully saturated rings. The van der Waals surface area contributed by atoms with Crippen LogP contribution >= 0.6 is 12.2 Å². The molecule has 5 heteroatoms. The molecule has 1 saturated carbocycles. The highest BCUT2D eigenvalue weighted by Crippen LogP contribution is 2.32. The molecule has 4 nitrogen and oxygen atoms in total. The fourth-order valence-electron chi connectivity index (χ4n) is 2.80. The van der Waals surface area contributed by atoms with Crippen LogP contribution in [0.5, 0.6) is 0 Å². The number of hydrogen-bond acceptors (Lipinski definition) is 3. The summed E-state index contributed by atoms with van der Waals surface area (Å²) in [4.78, 5) is 3.26. The van der Waals surface area contributed by atoms with Gasteiger partial charge < -0.3 is 20.0 Å². The van der Waals surface area contributed by atoms with Gasteiger partial charge in [0.1, 0.15) is 0 Å². The van der Waals surface area contributed by atoms with E-state index in [4.69, 9.17) is 22.7 Å². The van der Waals surface area contributed by atoms with Gasteiger partial charge in [-0.1, -0.05) is 0 Å². The minimum Gasteiger partial charge on any atom is -0.369 e. The SMILES string of the molecule is NC1CCC(n2c3c([nH]c2=S)COC3)CC1. The maximum Gasteiger partial charge on any atom is 0.177 e. The lowest BCUT2D eigenvalue weighted by atomic mass is 9.91. The number of imidazole rings is 1. The fourth-order valence-corrected chi connectivity index (χ4v) is 3.18. The van der Waals surface area contributed by atoms with Crippen molar-refractivity contribution in [3.05, 3.63) is 16.2 Å². The second-order valence-electron chi connectivity index (χ2n) is 4.79. The van der Waals surface area contributed by atoms with Crippen LogP contribution in [-0.4, -0.2) is 15.6 Å². The maximum atomic E-state index is 5.93. The lowest BCUT2D eigenvalue weighted by Gasteiger charge is -2.28. The predicted molar refractivity (Wildman–Crippen MR) is 63.6 cm³/mol. The standard InChI is InChI=1S/C11H17N3OS/c12-7-1-3-8(4-2-7)14-10-6-15-5-9(10)13-11(14)16/h7-8H,1-6,12H2,(H,13,16). The maximum absolute atomic E-state index is 5.93. The number of ether oxygens (including phenoxy) is 1. The molecule has 0 aromatic carbocycles. The molecule has 0 atom stereocenters. The highest BCUT2D eigenvalue weighted by atomic mass is 32.1. The molecule has 2 aliphatic rings. The lowest BCUT2D eigenvalue weighted by molar-refractivity contribution is 0.126. The van der Waals surface area contributed by atoms with Crippen LogP contribution < -0.4 is 5.73 Å². The van der Waals surface area contributed by atoms with Gasteiger partial charge in [0.05, 0.1) is 24.6 Å². The molecule has 1 aliphatic heterocycles. The van der Waals surface area contributed by atoms with Crippen molar-refractivity contribution >= 4 is 12.2 Å². The van der Waals surface area contributed by atoms with Gasteiger partial charge in [-0.05, 0) is 37.9 Å². The van der Waals surface area contributed by atoms with Gasteiger partial charge in [0.25, 0.3) is 0 Å². The number of fused-ring (bicyclic) bond motifs is 1. The summed E-state index contributed by atoms with van der Waals surface area (Å²) in [6, 6.07) is 0.905. The van der Waals surface area contributed by atoms with E-state index in [-0.39, 0.29) is 0 Å². The van der Waals surface area contributed by atoms with Crippen LogP contribution in [0.2, 0.25) is 0 Å². The van der Waals surface area contributed by atoms with E-state index in [1.54, 1.807) is 0 Å².